The molecule has 7 aromatic rings. The van der Waals surface area contributed by atoms with Gasteiger partial charge in [-0.3, -0.25) is 0 Å². The zero-order valence-electron chi connectivity index (χ0n) is 30.5. The van der Waals surface area contributed by atoms with Crippen molar-refractivity contribution in [1.82, 2.24) is 29.8 Å². The van der Waals surface area contributed by atoms with E-state index < -0.39 is 5.54 Å². The van der Waals surface area contributed by atoms with E-state index in [1.165, 1.54) is 0 Å². The van der Waals surface area contributed by atoms with Crippen LogP contribution in [0.15, 0.2) is 140 Å². The van der Waals surface area contributed by atoms with E-state index in [1.54, 1.807) is 0 Å². The van der Waals surface area contributed by atoms with Crippen LogP contribution in [0.4, 0.5) is 0 Å². The first-order valence-electron chi connectivity index (χ1n) is 18.5. The van der Waals surface area contributed by atoms with E-state index in [2.05, 4.69) is 121 Å². The third kappa shape index (κ3) is 6.80. The lowest BCUT2D eigenvalue weighted by atomic mass is 9.77. The minimum absolute atomic E-state index is 0.306. The largest absolute Gasteiger partial charge is 0.461 e. The smallest absolute Gasteiger partial charge is 0.356 e. The summed E-state index contributed by atoms with van der Waals surface area (Å²) in [5, 5.41) is 13.8. The van der Waals surface area contributed by atoms with Gasteiger partial charge in [0.15, 0.2) is 11.5 Å². The van der Waals surface area contributed by atoms with E-state index in [1.807, 2.05) is 53.4 Å². The van der Waals surface area contributed by atoms with Gasteiger partial charge in [-0.1, -0.05) is 160 Å². The van der Waals surface area contributed by atoms with Crippen LogP contribution in [0.2, 0.25) is 0 Å². The molecular formula is C45H44N6O2. The molecule has 0 unspecified atom stereocenters. The van der Waals surface area contributed by atoms with Gasteiger partial charge in [0.25, 0.3) is 0 Å². The summed E-state index contributed by atoms with van der Waals surface area (Å²) in [6.45, 7) is 7.07. The first kappa shape index (κ1) is 35.3. The van der Waals surface area contributed by atoms with Crippen molar-refractivity contribution in [2.45, 2.75) is 58.5 Å². The molecule has 0 saturated heterocycles. The van der Waals surface area contributed by atoms with E-state index >= 15 is 0 Å². The van der Waals surface area contributed by atoms with Crippen molar-refractivity contribution in [3.63, 3.8) is 0 Å². The third-order valence-electron chi connectivity index (χ3n) is 9.69. The standard InChI is InChI=1S/C45H44N6O2/c1-4-18-41-46-40(6-3)42(44(52)53-31-5-2)50(41)32-33-27-29-34(30-28-33)38-25-16-17-26-39(38)43-47-48-49-51(43)45(35-19-10-7-11-20-35,36-21-12-8-13-22-36)37-23-14-9-15-24-37/h7-17,19-30H,4-6,18,31-32H2,1-3H3. The number of aromatic nitrogens is 6. The number of nitrogens with zero attached hydrogens (tertiary/aromatic N) is 6. The van der Waals surface area contributed by atoms with Crippen molar-refractivity contribution in [3.8, 4) is 22.5 Å². The van der Waals surface area contributed by atoms with Crippen molar-refractivity contribution in [3.05, 3.63) is 179 Å². The maximum atomic E-state index is 13.3. The van der Waals surface area contributed by atoms with Crippen molar-refractivity contribution in [1.29, 1.82) is 0 Å². The molecule has 8 heteroatoms. The van der Waals surface area contributed by atoms with Gasteiger partial charge >= 0.3 is 5.97 Å². The zero-order chi connectivity index (χ0) is 36.6. The number of rotatable bonds is 14. The first-order valence-corrected chi connectivity index (χ1v) is 18.5. The molecule has 2 heterocycles. The van der Waals surface area contributed by atoms with Crippen LogP contribution < -0.4 is 0 Å². The molecule has 8 nitrogen and oxygen atoms in total. The van der Waals surface area contributed by atoms with E-state index in [-0.39, 0.29) is 5.97 Å². The number of carbonyl (C=O) groups is 1. The molecular weight excluding hydrogens is 657 g/mol. The predicted molar refractivity (Wildman–Crippen MR) is 209 cm³/mol. The van der Waals surface area contributed by atoms with Crippen LogP contribution in [-0.4, -0.2) is 42.3 Å². The lowest BCUT2D eigenvalue weighted by Gasteiger charge is -2.36. The minimum Gasteiger partial charge on any atom is -0.461 e. The Hall–Kier alpha value is -6.15. The summed E-state index contributed by atoms with van der Waals surface area (Å²) in [4.78, 5) is 18.2. The van der Waals surface area contributed by atoms with Crippen LogP contribution in [0.1, 0.15) is 77.9 Å². The second kappa shape index (κ2) is 16.0. The van der Waals surface area contributed by atoms with Crippen molar-refractivity contribution >= 4 is 5.97 Å². The molecule has 0 aliphatic heterocycles. The second-order valence-corrected chi connectivity index (χ2v) is 13.1. The third-order valence-corrected chi connectivity index (χ3v) is 9.69. The van der Waals surface area contributed by atoms with Gasteiger partial charge < -0.3 is 9.30 Å². The first-order chi connectivity index (χ1) is 26.1. The number of esters is 1. The van der Waals surface area contributed by atoms with Crippen molar-refractivity contribution in [2.24, 2.45) is 0 Å². The molecule has 0 fully saturated rings. The van der Waals surface area contributed by atoms with E-state index in [0.717, 1.165) is 69.7 Å². The molecule has 0 bridgehead atoms. The summed E-state index contributed by atoms with van der Waals surface area (Å²) in [7, 11) is 0. The monoisotopic (exact) mass is 700 g/mol. The van der Waals surface area contributed by atoms with Crippen LogP contribution in [-0.2, 0) is 29.7 Å². The maximum Gasteiger partial charge on any atom is 0.356 e. The van der Waals surface area contributed by atoms with E-state index in [0.29, 0.717) is 31.1 Å². The molecule has 53 heavy (non-hydrogen) atoms. The number of carbonyl (C=O) groups excluding carboxylic acids is 1. The van der Waals surface area contributed by atoms with Crippen molar-refractivity contribution < 1.29 is 9.53 Å². The van der Waals surface area contributed by atoms with Crippen LogP contribution in [0.3, 0.4) is 0 Å². The van der Waals surface area contributed by atoms with Gasteiger partial charge in [-0.2, -0.15) is 0 Å². The van der Waals surface area contributed by atoms with Gasteiger partial charge in [0.1, 0.15) is 11.4 Å². The molecule has 0 atom stereocenters. The van der Waals surface area contributed by atoms with Gasteiger partial charge in [0.05, 0.1) is 12.3 Å². The molecule has 266 valence electrons. The normalized spacial score (nSPS) is 11.5. The van der Waals surface area contributed by atoms with Gasteiger partial charge in [-0.25, -0.2) is 14.5 Å². The maximum absolute atomic E-state index is 13.3. The van der Waals surface area contributed by atoms with Crippen LogP contribution in [0.5, 0.6) is 0 Å². The average Bonchev–Trinajstić information content (AvgIpc) is 3.84. The van der Waals surface area contributed by atoms with E-state index in [4.69, 9.17) is 20.0 Å². The predicted octanol–water partition coefficient (Wildman–Crippen LogP) is 9.17. The quantitative estimate of drug-likeness (QED) is 0.0831. The number of benzene rings is 5. The van der Waals surface area contributed by atoms with Crippen LogP contribution in [0, 0.1) is 0 Å². The molecule has 0 amide bonds. The Kier molecular flexibility index (Phi) is 10.7. The fourth-order valence-corrected chi connectivity index (χ4v) is 7.26. The van der Waals surface area contributed by atoms with Crippen molar-refractivity contribution in [2.75, 3.05) is 6.61 Å². The summed E-state index contributed by atoms with van der Waals surface area (Å²) in [6.07, 6.45) is 3.14. The molecule has 0 N–H and O–H groups in total. The van der Waals surface area contributed by atoms with Gasteiger partial charge in [-0.15, -0.1) is 5.10 Å². The average molecular weight is 701 g/mol. The summed E-state index contributed by atoms with van der Waals surface area (Å²) in [5.74, 6) is 1.25. The van der Waals surface area contributed by atoms with Gasteiger partial charge in [-0.05, 0) is 63.1 Å². The topological polar surface area (TPSA) is 87.7 Å². The Labute approximate surface area is 311 Å². The molecule has 0 aliphatic rings. The number of imidazole rings is 1. The van der Waals surface area contributed by atoms with Crippen LogP contribution in [0.25, 0.3) is 22.5 Å². The number of aryl methyl sites for hydroxylation is 2. The molecule has 7 rings (SSSR count). The fourth-order valence-electron chi connectivity index (χ4n) is 7.26. The Balaban J connectivity index is 1.32. The number of hydrogen-bond donors (Lipinski definition) is 0. The Morgan fingerprint density at radius 2 is 1.25 bits per heavy atom. The highest BCUT2D eigenvalue weighted by Crippen LogP contribution is 2.43. The SMILES string of the molecule is CCCOC(=O)c1c(CC)nc(CCC)n1Cc1ccc(-c2ccccc2-c2nnnn2C(c2ccccc2)(c2ccccc2)c2ccccc2)cc1. The fraction of sp³-hybridized carbons (Fsp3) is 0.222. The van der Waals surface area contributed by atoms with E-state index in [9.17, 15) is 4.79 Å². The number of hydrogen-bond acceptors (Lipinski definition) is 6. The molecule has 0 radical (unpaired) electrons. The number of ether oxygens (including phenoxy) is 1. The summed E-state index contributed by atoms with van der Waals surface area (Å²) >= 11 is 0. The lowest BCUT2D eigenvalue weighted by molar-refractivity contribution is 0.0491. The minimum atomic E-state index is -0.867. The highest BCUT2D eigenvalue weighted by atomic mass is 16.5. The summed E-state index contributed by atoms with van der Waals surface area (Å²) < 4.78 is 9.64. The molecule has 2 aromatic heterocycles. The highest BCUT2D eigenvalue weighted by Gasteiger charge is 2.42. The van der Waals surface area contributed by atoms with Gasteiger partial charge in [0, 0.05) is 18.5 Å². The lowest BCUT2D eigenvalue weighted by Crippen LogP contribution is -2.39. The summed E-state index contributed by atoms with van der Waals surface area (Å²) in [5.41, 5.74) is 7.61. The van der Waals surface area contributed by atoms with Crippen LogP contribution >= 0.6 is 0 Å². The Bertz CT molecular complexity index is 2170. The summed E-state index contributed by atoms with van der Waals surface area (Å²) in [6, 6.07) is 48.1. The molecule has 0 saturated carbocycles. The zero-order valence-corrected chi connectivity index (χ0v) is 30.5. The number of tetrazole rings is 1. The second-order valence-electron chi connectivity index (χ2n) is 13.1. The highest BCUT2D eigenvalue weighted by molar-refractivity contribution is 5.89. The molecule has 0 spiro atoms. The molecule has 0 aliphatic carbocycles. The molecule has 5 aromatic carbocycles. The van der Waals surface area contributed by atoms with Gasteiger partial charge in [0.2, 0.25) is 0 Å². The Morgan fingerprint density at radius 3 is 1.79 bits per heavy atom. The Morgan fingerprint density at radius 1 is 0.679 bits per heavy atom.